The highest BCUT2D eigenvalue weighted by molar-refractivity contribution is 8.13. The minimum Gasteiger partial charge on any atom is -0.493 e. The monoisotopic (exact) mass is 359 g/mol. The van der Waals surface area contributed by atoms with E-state index in [-0.39, 0.29) is 5.24 Å². The number of carbonyl (C=O) groups is 1. The number of benzene rings is 2. The van der Waals surface area contributed by atoms with Crippen LogP contribution in [0, 0.1) is 20.8 Å². The van der Waals surface area contributed by atoms with Crippen molar-refractivity contribution < 1.29 is 14.3 Å². The standard InChI is InChI=1S/C20H25NO3S/c1-6-23-17-8-7-9-19(25-20(22)21-5)16(17)12-24-18-11-14(3)13(2)10-15(18)4/h7-11H,6,12H2,1-5H3,(H,21,22). The molecular weight excluding hydrogens is 334 g/mol. The van der Waals surface area contributed by atoms with Gasteiger partial charge in [-0.1, -0.05) is 12.1 Å². The molecule has 0 atom stereocenters. The maximum atomic E-state index is 11.8. The predicted molar refractivity (Wildman–Crippen MR) is 103 cm³/mol. The topological polar surface area (TPSA) is 47.6 Å². The molecule has 0 bridgehead atoms. The highest BCUT2D eigenvalue weighted by atomic mass is 32.2. The summed E-state index contributed by atoms with van der Waals surface area (Å²) in [6.07, 6.45) is 0. The Morgan fingerprint density at radius 2 is 1.76 bits per heavy atom. The molecule has 4 nitrogen and oxygen atoms in total. The van der Waals surface area contributed by atoms with Gasteiger partial charge in [0.05, 0.1) is 6.61 Å². The first-order chi connectivity index (χ1) is 12.0. The number of rotatable bonds is 6. The first-order valence-electron chi connectivity index (χ1n) is 8.31. The van der Waals surface area contributed by atoms with Gasteiger partial charge in [0.15, 0.2) is 0 Å². The number of ether oxygens (including phenoxy) is 2. The lowest BCUT2D eigenvalue weighted by Crippen LogP contribution is -2.12. The molecule has 5 heteroatoms. The smallest absolute Gasteiger partial charge is 0.283 e. The maximum absolute atomic E-state index is 11.8. The van der Waals surface area contributed by atoms with Crippen LogP contribution >= 0.6 is 11.8 Å². The van der Waals surface area contributed by atoms with Crippen molar-refractivity contribution in [1.82, 2.24) is 5.32 Å². The molecule has 2 aromatic rings. The summed E-state index contributed by atoms with van der Waals surface area (Å²) >= 11 is 1.15. The average Bonchev–Trinajstić information content (AvgIpc) is 2.58. The largest absolute Gasteiger partial charge is 0.493 e. The Labute approximate surface area is 153 Å². The van der Waals surface area contributed by atoms with E-state index in [0.29, 0.717) is 13.2 Å². The molecule has 0 saturated carbocycles. The minimum absolute atomic E-state index is 0.114. The van der Waals surface area contributed by atoms with E-state index >= 15 is 0 Å². The van der Waals surface area contributed by atoms with Crippen molar-refractivity contribution in [2.24, 2.45) is 0 Å². The number of hydrogen-bond donors (Lipinski definition) is 1. The molecule has 0 fully saturated rings. The molecule has 1 amide bonds. The SMILES string of the molecule is CCOc1cccc(SC(=O)NC)c1COc1cc(C)c(C)cc1C. The number of hydrogen-bond acceptors (Lipinski definition) is 4. The fourth-order valence-corrected chi connectivity index (χ4v) is 3.20. The third-order valence-corrected chi connectivity index (χ3v) is 4.95. The molecule has 2 aromatic carbocycles. The van der Waals surface area contributed by atoms with Crippen LogP contribution < -0.4 is 14.8 Å². The summed E-state index contributed by atoms with van der Waals surface area (Å²) in [7, 11) is 1.62. The fraction of sp³-hybridized carbons (Fsp3) is 0.350. The summed E-state index contributed by atoms with van der Waals surface area (Å²) in [6.45, 7) is 9.05. The van der Waals surface area contributed by atoms with Crippen LogP contribution in [0.1, 0.15) is 29.2 Å². The van der Waals surface area contributed by atoms with Crippen molar-refractivity contribution in [2.45, 2.75) is 39.2 Å². The lowest BCUT2D eigenvalue weighted by atomic mass is 10.1. The van der Waals surface area contributed by atoms with Gasteiger partial charge in [-0.3, -0.25) is 4.79 Å². The van der Waals surface area contributed by atoms with Crippen LogP contribution in [0.3, 0.4) is 0 Å². The molecule has 25 heavy (non-hydrogen) atoms. The van der Waals surface area contributed by atoms with E-state index in [9.17, 15) is 4.79 Å². The van der Waals surface area contributed by atoms with E-state index in [0.717, 1.165) is 39.3 Å². The van der Waals surface area contributed by atoms with Crippen molar-refractivity contribution in [3.05, 3.63) is 52.6 Å². The fourth-order valence-electron chi connectivity index (χ4n) is 2.46. The summed E-state index contributed by atoms with van der Waals surface area (Å²) in [6, 6.07) is 9.89. The Morgan fingerprint density at radius 3 is 2.44 bits per heavy atom. The maximum Gasteiger partial charge on any atom is 0.283 e. The number of nitrogens with one attached hydrogen (secondary N) is 1. The van der Waals surface area contributed by atoms with Crippen LogP contribution in [0.4, 0.5) is 4.79 Å². The van der Waals surface area contributed by atoms with Gasteiger partial charge in [0.25, 0.3) is 5.24 Å². The summed E-state index contributed by atoms with van der Waals surface area (Å²) in [5, 5.41) is 2.52. The zero-order chi connectivity index (χ0) is 18.4. The second-order valence-corrected chi connectivity index (χ2v) is 6.81. The highest BCUT2D eigenvalue weighted by Gasteiger charge is 2.14. The molecule has 2 rings (SSSR count). The number of aryl methyl sites for hydroxylation is 3. The Hall–Kier alpha value is -2.14. The van der Waals surface area contributed by atoms with Crippen LogP contribution in [-0.4, -0.2) is 18.9 Å². The first kappa shape index (κ1) is 19.2. The van der Waals surface area contributed by atoms with Crippen molar-refractivity contribution in [2.75, 3.05) is 13.7 Å². The molecule has 0 radical (unpaired) electrons. The van der Waals surface area contributed by atoms with Gasteiger partial charge in [-0.15, -0.1) is 0 Å². The van der Waals surface area contributed by atoms with E-state index in [1.807, 2.05) is 32.0 Å². The van der Waals surface area contributed by atoms with Gasteiger partial charge in [0.2, 0.25) is 0 Å². The molecule has 134 valence electrons. The number of thioether (sulfide) groups is 1. The van der Waals surface area contributed by atoms with E-state index in [1.54, 1.807) is 7.05 Å². The van der Waals surface area contributed by atoms with Crippen LogP contribution in [0.15, 0.2) is 35.2 Å². The van der Waals surface area contributed by atoms with Gasteiger partial charge in [0.1, 0.15) is 18.1 Å². The highest BCUT2D eigenvalue weighted by Crippen LogP contribution is 2.32. The Balaban J connectivity index is 2.30. The molecule has 0 aliphatic rings. The molecule has 0 saturated heterocycles. The lowest BCUT2D eigenvalue weighted by molar-refractivity contribution is 0.262. The van der Waals surface area contributed by atoms with Crippen molar-refractivity contribution >= 4 is 17.0 Å². The second-order valence-electron chi connectivity index (χ2n) is 5.80. The van der Waals surface area contributed by atoms with Crippen LogP contribution in [0.25, 0.3) is 0 Å². The lowest BCUT2D eigenvalue weighted by Gasteiger charge is -2.17. The van der Waals surface area contributed by atoms with E-state index in [2.05, 4.69) is 31.3 Å². The van der Waals surface area contributed by atoms with Crippen LogP contribution in [0.2, 0.25) is 0 Å². The summed E-state index contributed by atoms with van der Waals surface area (Å²) < 4.78 is 11.8. The Bertz CT molecular complexity index is 759. The molecule has 0 aliphatic heterocycles. The number of amides is 1. The Kier molecular flexibility index (Phi) is 6.76. The van der Waals surface area contributed by atoms with E-state index < -0.39 is 0 Å². The predicted octanol–water partition coefficient (Wildman–Crippen LogP) is 5.02. The normalized spacial score (nSPS) is 10.4. The van der Waals surface area contributed by atoms with Crippen LogP contribution in [-0.2, 0) is 6.61 Å². The third-order valence-electron chi connectivity index (χ3n) is 3.96. The molecule has 0 unspecified atom stereocenters. The minimum atomic E-state index is -0.114. The van der Waals surface area contributed by atoms with Gasteiger partial charge in [-0.2, -0.15) is 0 Å². The van der Waals surface area contributed by atoms with Crippen molar-refractivity contribution in [1.29, 1.82) is 0 Å². The van der Waals surface area contributed by atoms with Gasteiger partial charge in [-0.05, 0) is 74.3 Å². The summed E-state index contributed by atoms with van der Waals surface area (Å²) in [4.78, 5) is 12.6. The molecular formula is C20H25NO3S. The van der Waals surface area contributed by atoms with E-state index in [1.165, 1.54) is 11.1 Å². The zero-order valence-electron chi connectivity index (χ0n) is 15.4. The molecule has 1 N–H and O–H groups in total. The third kappa shape index (κ3) is 4.92. The first-order valence-corrected chi connectivity index (χ1v) is 9.12. The summed E-state index contributed by atoms with van der Waals surface area (Å²) in [5.41, 5.74) is 4.42. The van der Waals surface area contributed by atoms with Gasteiger partial charge < -0.3 is 14.8 Å². The van der Waals surface area contributed by atoms with Gasteiger partial charge in [0, 0.05) is 17.5 Å². The van der Waals surface area contributed by atoms with E-state index in [4.69, 9.17) is 9.47 Å². The number of carbonyl (C=O) groups excluding carboxylic acids is 1. The van der Waals surface area contributed by atoms with Crippen molar-refractivity contribution in [3.63, 3.8) is 0 Å². The quantitative estimate of drug-likeness (QED) is 0.736. The zero-order valence-corrected chi connectivity index (χ0v) is 16.3. The van der Waals surface area contributed by atoms with Crippen molar-refractivity contribution in [3.8, 4) is 11.5 Å². The van der Waals surface area contributed by atoms with Gasteiger partial charge >= 0.3 is 0 Å². The van der Waals surface area contributed by atoms with Gasteiger partial charge in [-0.25, -0.2) is 0 Å². The summed E-state index contributed by atoms with van der Waals surface area (Å²) in [5.74, 6) is 1.60. The second kappa shape index (κ2) is 8.81. The molecule has 0 aliphatic carbocycles. The average molecular weight is 359 g/mol. The molecule has 0 aromatic heterocycles. The molecule has 0 spiro atoms. The Morgan fingerprint density at radius 1 is 1.04 bits per heavy atom. The van der Waals surface area contributed by atoms with Crippen LogP contribution in [0.5, 0.6) is 11.5 Å². The molecule has 0 heterocycles.